The Bertz CT molecular complexity index is 1190. The standard InChI is InChI=1S/C23H19F2N3S/c24-17-11-10-15(13-18(17)25)26-22-21-16-8-4-5-9-19(16)29-23(21)28-20(27-22)12-14-6-2-1-3-7-14/h1-3,6-7,10-11,13H,4-5,8-9,12H2,(H,26,27,28). The number of nitrogens with one attached hydrogen (secondary N) is 1. The van der Waals surface area contributed by atoms with Gasteiger partial charge in [-0.2, -0.15) is 0 Å². The average Bonchev–Trinajstić information content (AvgIpc) is 3.10. The Kier molecular flexibility index (Phi) is 4.72. The highest BCUT2D eigenvalue weighted by Crippen LogP contribution is 2.39. The lowest BCUT2D eigenvalue weighted by Crippen LogP contribution is -2.04. The third-order valence-electron chi connectivity index (χ3n) is 5.25. The number of benzene rings is 2. The zero-order chi connectivity index (χ0) is 19.8. The van der Waals surface area contributed by atoms with Crippen molar-refractivity contribution < 1.29 is 8.78 Å². The minimum atomic E-state index is -0.878. The summed E-state index contributed by atoms with van der Waals surface area (Å²) in [5.74, 6) is -0.350. The Morgan fingerprint density at radius 2 is 1.76 bits per heavy atom. The Morgan fingerprint density at radius 3 is 2.59 bits per heavy atom. The molecule has 3 nitrogen and oxygen atoms in total. The molecule has 0 atom stereocenters. The summed E-state index contributed by atoms with van der Waals surface area (Å²) in [5, 5.41) is 4.25. The van der Waals surface area contributed by atoms with Gasteiger partial charge in [-0.15, -0.1) is 11.3 Å². The Hall–Kier alpha value is -2.86. The summed E-state index contributed by atoms with van der Waals surface area (Å²) in [7, 11) is 0. The first-order valence-electron chi connectivity index (χ1n) is 9.74. The number of aromatic nitrogens is 2. The predicted molar refractivity (Wildman–Crippen MR) is 113 cm³/mol. The van der Waals surface area contributed by atoms with Crippen molar-refractivity contribution in [2.24, 2.45) is 0 Å². The van der Waals surface area contributed by atoms with Crippen molar-refractivity contribution in [3.8, 4) is 0 Å². The number of anilines is 2. The van der Waals surface area contributed by atoms with E-state index in [1.165, 1.54) is 29.0 Å². The smallest absolute Gasteiger partial charge is 0.160 e. The van der Waals surface area contributed by atoms with Crippen LogP contribution in [0.3, 0.4) is 0 Å². The van der Waals surface area contributed by atoms with Gasteiger partial charge in [-0.1, -0.05) is 30.3 Å². The molecule has 1 N–H and O–H groups in total. The number of thiophene rings is 1. The van der Waals surface area contributed by atoms with Gasteiger partial charge in [-0.05, 0) is 48.9 Å². The lowest BCUT2D eigenvalue weighted by molar-refractivity contribution is 0.509. The van der Waals surface area contributed by atoms with Crippen LogP contribution in [0.5, 0.6) is 0 Å². The summed E-state index contributed by atoms with van der Waals surface area (Å²) < 4.78 is 27.1. The van der Waals surface area contributed by atoms with E-state index in [1.807, 2.05) is 18.2 Å². The fourth-order valence-electron chi connectivity index (χ4n) is 3.86. The first-order valence-corrected chi connectivity index (χ1v) is 10.6. The molecule has 0 bridgehead atoms. The number of halogens is 2. The Morgan fingerprint density at radius 1 is 0.931 bits per heavy atom. The van der Waals surface area contributed by atoms with Gasteiger partial charge in [-0.3, -0.25) is 0 Å². The predicted octanol–water partition coefficient (Wildman–Crippen LogP) is 6.18. The summed E-state index contributed by atoms with van der Waals surface area (Å²) in [6.07, 6.45) is 5.02. The zero-order valence-electron chi connectivity index (χ0n) is 15.7. The van der Waals surface area contributed by atoms with Gasteiger partial charge in [0.15, 0.2) is 11.6 Å². The van der Waals surface area contributed by atoms with Gasteiger partial charge in [0.05, 0.1) is 5.39 Å². The van der Waals surface area contributed by atoms with Gasteiger partial charge in [-0.25, -0.2) is 18.7 Å². The molecule has 0 saturated heterocycles. The van der Waals surface area contributed by atoms with Crippen LogP contribution in [0.15, 0.2) is 48.5 Å². The average molecular weight is 407 g/mol. The summed E-state index contributed by atoms with van der Waals surface area (Å²) >= 11 is 1.73. The van der Waals surface area contributed by atoms with Crippen molar-refractivity contribution in [1.29, 1.82) is 0 Å². The van der Waals surface area contributed by atoms with Gasteiger partial charge < -0.3 is 5.32 Å². The maximum Gasteiger partial charge on any atom is 0.160 e. The first kappa shape index (κ1) is 18.2. The van der Waals surface area contributed by atoms with Gasteiger partial charge in [0.2, 0.25) is 0 Å². The molecular formula is C23H19F2N3S. The summed E-state index contributed by atoms with van der Waals surface area (Å²) in [6, 6.07) is 13.9. The van der Waals surface area contributed by atoms with Crippen LogP contribution in [0.4, 0.5) is 20.3 Å². The lowest BCUT2D eigenvalue weighted by Gasteiger charge is -2.13. The molecule has 0 aliphatic heterocycles. The third kappa shape index (κ3) is 3.60. The number of hydrogen-bond acceptors (Lipinski definition) is 4. The van der Waals surface area contributed by atoms with E-state index in [1.54, 1.807) is 11.3 Å². The number of fused-ring (bicyclic) bond motifs is 3. The van der Waals surface area contributed by atoms with Gasteiger partial charge in [0.25, 0.3) is 0 Å². The molecule has 0 spiro atoms. The molecule has 1 aliphatic carbocycles. The molecular weight excluding hydrogens is 388 g/mol. The highest BCUT2D eigenvalue weighted by atomic mass is 32.1. The minimum Gasteiger partial charge on any atom is -0.339 e. The molecule has 146 valence electrons. The van der Waals surface area contributed by atoms with E-state index in [9.17, 15) is 8.78 Å². The molecule has 2 aromatic heterocycles. The molecule has 0 unspecified atom stereocenters. The maximum absolute atomic E-state index is 13.7. The first-order chi connectivity index (χ1) is 14.2. The molecule has 1 aliphatic rings. The second kappa shape index (κ2) is 7.52. The molecule has 2 aromatic carbocycles. The number of hydrogen-bond donors (Lipinski definition) is 1. The fourth-order valence-corrected chi connectivity index (χ4v) is 5.14. The van der Waals surface area contributed by atoms with Crippen molar-refractivity contribution >= 4 is 33.1 Å². The van der Waals surface area contributed by atoms with Crippen LogP contribution in [-0.4, -0.2) is 9.97 Å². The lowest BCUT2D eigenvalue weighted by atomic mass is 9.97. The van der Waals surface area contributed by atoms with Crippen molar-refractivity contribution in [2.75, 3.05) is 5.32 Å². The second-order valence-electron chi connectivity index (χ2n) is 7.30. The van der Waals surface area contributed by atoms with E-state index in [-0.39, 0.29) is 0 Å². The number of nitrogens with zero attached hydrogens (tertiary/aromatic N) is 2. The monoisotopic (exact) mass is 407 g/mol. The summed E-state index contributed by atoms with van der Waals surface area (Å²) in [5.41, 5.74) is 2.91. The van der Waals surface area contributed by atoms with E-state index in [2.05, 4.69) is 17.4 Å². The molecule has 0 saturated carbocycles. The van der Waals surface area contributed by atoms with Crippen LogP contribution in [0.25, 0.3) is 10.2 Å². The largest absolute Gasteiger partial charge is 0.339 e. The Balaban J connectivity index is 1.62. The molecule has 0 radical (unpaired) electrons. The van der Waals surface area contributed by atoms with E-state index in [0.29, 0.717) is 23.8 Å². The summed E-state index contributed by atoms with van der Waals surface area (Å²) in [4.78, 5) is 12.0. The van der Waals surface area contributed by atoms with Crippen LogP contribution in [0.1, 0.15) is 34.7 Å². The molecule has 5 rings (SSSR count). The minimum absolute atomic E-state index is 0.477. The third-order valence-corrected chi connectivity index (χ3v) is 6.43. The van der Waals surface area contributed by atoms with E-state index < -0.39 is 11.6 Å². The van der Waals surface area contributed by atoms with E-state index in [0.717, 1.165) is 41.1 Å². The topological polar surface area (TPSA) is 37.8 Å². The molecule has 4 aromatic rings. The maximum atomic E-state index is 13.7. The highest BCUT2D eigenvalue weighted by Gasteiger charge is 2.21. The van der Waals surface area contributed by atoms with Crippen molar-refractivity contribution in [3.63, 3.8) is 0 Å². The fraction of sp³-hybridized carbons (Fsp3) is 0.217. The van der Waals surface area contributed by atoms with Gasteiger partial charge in [0, 0.05) is 23.1 Å². The van der Waals surface area contributed by atoms with Crippen LogP contribution in [0.2, 0.25) is 0 Å². The Labute approximate surface area is 171 Å². The molecule has 0 amide bonds. The van der Waals surface area contributed by atoms with Crippen LogP contribution in [-0.2, 0) is 19.3 Å². The molecule has 0 fully saturated rings. The van der Waals surface area contributed by atoms with E-state index >= 15 is 0 Å². The van der Waals surface area contributed by atoms with Crippen LogP contribution < -0.4 is 5.32 Å². The van der Waals surface area contributed by atoms with Crippen molar-refractivity contribution in [3.05, 3.63) is 82.0 Å². The SMILES string of the molecule is Fc1ccc(Nc2nc(Cc3ccccc3)nc3sc4c(c23)CCCC4)cc1F. The molecule has 29 heavy (non-hydrogen) atoms. The summed E-state index contributed by atoms with van der Waals surface area (Å²) in [6.45, 7) is 0. The highest BCUT2D eigenvalue weighted by molar-refractivity contribution is 7.19. The normalized spacial score (nSPS) is 13.4. The van der Waals surface area contributed by atoms with Crippen molar-refractivity contribution in [1.82, 2.24) is 9.97 Å². The second-order valence-corrected chi connectivity index (χ2v) is 8.38. The van der Waals surface area contributed by atoms with E-state index in [4.69, 9.17) is 9.97 Å². The number of aryl methyl sites for hydroxylation is 2. The van der Waals surface area contributed by atoms with Crippen molar-refractivity contribution in [2.45, 2.75) is 32.1 Å². The zero-order valence-corrected chi connectivity index (χ0v) is 16.5. The quantitative estimate of drug-likeness (QED) is 0.439. The molecule has 6 heteroatoms. The molecule has 2 heterocycles. The number of rotatable bonds is 4. The van der Waals surface area contributed by atoms with Crippen LogP contribution in [0, 0.1) is 11.6 Å². The van der Waals surface area contributed by atoms with Gasteiger partial charge >= 0.3 is 0 Å². The van der Waals surface area contributed by atoms with Crippen LogP contribution >= 0.6 is 11.3 Å². The van der Waals surface area contributed by atoms with Gasteiger partial charge in [0.1, 0.15) is 16.5 Å².